The number of hydrogen-bond donors (Lipinski definition) is 0. The first-order valence-corrected chi connectivity index (χ1v) is 6.89. The molecule has 1 unspecified atom stereocenters. The van der Waals surface area contributed by atoms with Crippen LogP contribution < -0.4 is 0 Å². The highest BCUT2D eigenvalue weighted by molar-refractivity contribution is 5.72. The Labute approximate surface area is 118 Å². The minimum Gasteiger partial charge on any atom is -0.469 e. The van der Waals surface area contributed by atoms with Gasteiger partial charge in [0.2, 0.25) is 0 Å². The van der Waals surface area contributed by atoms with Gasteiger partial charge in [-0.2, -0.15) is 0 Å². The topological polar surface area (TPSA) is 44.1 Å². The minimum atomic E-state index is -0.125. The Balaban J connectivity index is 1.99. The van der Waals surface area contributed by atoms with Gasteiger partial charge in [-0.25, -0.2) is 4.98 Å². The van der Waals surface area contributed by atoms with E-state index >= 15 is 0 Å². The first-order valence-electron chi connectivity index (χ1n) is 6.89. The fourth-order valence-corrected chi connectivity index (χ4v) is 2.85. The summed E-state index contributed by atoms with van der Waals surface area (Å²) in [5, 5.41) is 0. The van der Waals surface area contributed by atoms with Crippen LogP contribution in [0, 0.1) is 12.8 Å². The lowest BCUT2D eigenvalue weighted by Crippen LogP contribution is -2.27. The summed E-state index contributed by atoms with van der Waals surface area (Å²) in [6.45, 7) is 2.74. The molecule has 20 heavy (non-hydrogen) atoms. The number of hydrogen-bond acceptors (Lipinski definition) is 3. The van der Waals surface area contributed by atoms with E-state index < -0.39 is 0 Å². The maximum atomic E-state index is 11.8. The van der Waals surface area contributed by atoms with Gasteiger partial charge in [-0.15, -0.1) is 0 Å². The number of carbonyl (C=O) groups is 1. The molecule has 1 atom stereocenters. The number of fused-ring (bicyclic) bond motifs is 1. The Morgan fingerprint density at radius 1 is 1.40 bits per heavy atom. The van der Waals surface area contributed by atoms with E-state index in [4.69, 9.17) is 4.74 Å². The molecular formula is C16H18N2O2. The molecule has 0 amide bonds. The molecule has 0 radical (unpaired) electrons. The summed E-state index contributed by atoms with van der Waals surface area (Å²) in [5.41, 5.74) is 3.52. The second-order valence-corrected chi connectivity index (χ2v) is 5.26. The number of imidazole rings is 1. The molecule has 1 aliphatic rings. The summed E-state index contributed by atoms with van der Waals surface area (Å²) >= 11 is 0. The molecule has 1 aliphatic heterocycles. The summed E-state index contributed by atoms with van der Waals surface area (Å²) in [4.78, 5) is 16.3. The standard InChI is InChI=1S/C16H18N2O2/c1-11-5-3-4-6-14(11)15-17-9-13-8-7-12(10-18(13)15)16(19)20-2/h3-6,9,12H,7-8,10H2,1-2H3. The minimum absolute atomic E-state index is 0.0653. The third-order valence-electron chi connectivity index (χ3n) is 4.01. The molecule has 0 fully saturated rings. The summed E-state index contributed by atoms with van der Waals surface area (Å²) in [6.07, 6.45) is 3.64. The van der Waals surface area contributed by atoms with Crippen molar-refractivity contribution < 1.29 is 9.53 Å². The van der Waals surface area contributed by atoms with Crippen molar-refractivity contribution in [3.63, 3.8) is 0 Å². The Hall–Kier alpha value is -2.10. The number of esters is 1. The second kappa shape index (κ2) is 5.12. The van der Waals surface area contributed by atoms with E-state index in [1.165, 1.54) is 18.4 Å². The van der Waals surface area contributed by atoms with E-state index in [1.807, 2.05) is 18.3 Å². The predicted octanol–water partition coefficient (Wildman–Crippen LogP) is 2.59. The number of carbonyl (C=O) groups excluding carboxylic acids is 1. The maximum Gasteiger partial charge on any atom is 0.310 e. The molecule has 3 rings (SSSR count). The number of aryl methyl sites for hydroxylation is 2. The van der Waals surface area contributed by atoms with Crippen LogP contribution in [0.5, 0.6) is 0 Å². The molecule has 1 aromatic heterocycles. The van der Waals surface area contributed by atoms with Gasteiger partial charge in [-0.3, -0.25) is 4.79 Å². The first kappa shape index (κ1) is 12.9. The fraction of sp³-hybridized carbons (Fsp3) is 0.375. The predicted molar refractivity (Wildman–Crippen MR) is 76.2 cm³/mol. The fourth-order valence-electron chi connectivity index (χ4n) is 2.85. The molecule has 1 aromatic carbocycles. The lowest BCUT2D eigenvalue weighted by molar-refractivity contribution is -0.146. The molecule has 2 aromatic rings. The highest BCUT2D eigenvalue weighted by atomic mass is 16.5. The van der Waals surface area contributed by atoms with Crippen LogP contribution in [0.25, 0.3) is 11.4 Å². The van der Waals surface area contributed by atoms with Crippen molar-refractivity contribution >= 4 is 5.97 Å². The summed E-state index contributed by atoms with van der Waals surface area (Å²) < 4.78 is 7.04. The molecule has 0 saturated carbocycles. The summed E-state index contributed by atoms with van der Waals surface area (Å²) in [5.74, 6) is 0.760. The largest absolute Gasteiger partial charge is 0.469 e. The van der Waals surface area contributed by atoms with Gasteiger partial charge in [-0.1, -0.05) is 24.3 Å². The van der Waals surface area contributed by atoms with E-state index in [9.17, 15) is 4.79 Å². The van der Waals surface area contributed by atoms with Gasteiger partial charge >= 0.3 is 5.97 Å². The Bertz CT molecular complexity index is 646. The molecule has 2 heterocycles. The van der Waals surface area contributed by atoms with E-state index in [2.05, 4.69) is 28.6 Å². The van der Waals surface area contributed by atoms with Crippen LogP contribution in [-0.4, -0.2) is 22.6 Å². The van der Waals surface area contributed by atoms with Gasteiger partial charge in [0, 0.05) is 24.0 Å². The molecule has 0 saturated heterocycles. The van der Waals surface area contributed by atoms with Crippen LogP contribution in [0.3, 0.4) is 0 Å². The van der Waals surface area contributed by atoms with Gasteiger partial charge in [0.25, 0.3) is 0 Å². The monoisotopic (exact) mass is 270 g/mol. The number of ether oxygens (including phenoxy) is 1. The van der Waals surface area contributed by atoms with Crippen molar-refractivity contribution in [3.05, 3.63) is 41.7 Å². The van der Waals surface area contributed by atoms with E-state index in [-0.39, 0.29) is 11.9 Å². The van der Waals surface area contributed by atoms with Gasteiger partial charge in [0.15, 0.2) is 0 Å². The smallest absolute Gasteiger partial charge is 0.310 e. The normalized spacial score (nSPS) is 17.6. The van der Waals surface area contributed by atoms with Crippen LogP contribution in [0.15, 0.2) is 30.5 Å². The molecule has 0 spiro atoms. The molecule has 0 aliphatic carbocycles. The Kier molecular flexibility index (Phi) is 3.30. The first-order chi connectivity index (χ1) is 9.70. The van der Waals surface area contributed by atoms with E-state index in [0.29, 0.717) is 6.54 Å². The van der Waals surface area contributed by atoms with Gasteiger partial charge in [0.05, 0.1) is 13.0 Å². The quantitative estimate of drug-likeness (QED) is 0.788. The van der Waals surface area contributed by atoms with E-state index in [1.54, 1.807) is 0 Å². The third-order valence-corrected chi connectivity index (χ3v) is 4.01. The van der Waals surface area contributed by atoms with Crippen LogP contribution in [-0.2, 0) is 22.5 Å². The maximum absolute atomic E-state index is 11.8. The van der Waals surface area contributed by atoms with Crippen LogP contribution in [0.4, 0.5) is 0 Å². The van der Waals surface area contributed by atoms with E-state index in [0.717, 1.165) is 24.2 Å². The lowest BCUT2D eigenvalue weighted by Gasteiger charge is -2.23. The molecular weight excluding hydrogens is 252 g/mol. The summed E-state index contributed by atoms with van der Waals surface area (Å²) in [6, 6.07) is 8.20. The lowest BCUT2D eigenvalue weighted by atomic mass is 9.98. The van der Waals surface area contributed by atoms with Crippen molar-refractivity contribution in [2.45, 2.75) is 26.3 Å². The zero-order chi connectivity index (χ0) is 14.1. The molecule has 4 heteroatoms. The SMILES string of the molecule is COC(=O)C1CCc2cnc(-c3ccccc3C)n2C1. The molecule has 104 valence electrons. The van der Waals surface area contributed by atoms with Crippen LogP contribution in [0.2, 0.25) is 0 Å². The molecule has 4 nitrogen and oxygen atoms in total. The van der Waals surface area contributed by atoms with Crippen LogP contribution >= 0.6 is 0 Å². The number of nitrogens with zero attached hydrogens (tertiary/aromatic N) is 2. The Morgan fingerprint density at radius 3 is 2.95 bits per heavy atom. The van der Waals surface area contributed by atoms with Gasteiger partial charge in [0.1, 0.15) is 5.82 Å². The molecule has 0 N–H and O–H groups in total. The zero-order valence-electron chi connectivity index (χ0n) is 11.8. The highest BCUT2D eigenvalue weighted by Crippen LogP contribution is 2.29. The number of rotatable bonds is 2. The summed E-state index contributed by atoms with van der Waals surface area (Å²) in [7, 11) is 1.45. The van der Waals surface area contributed by atoms with Crippen molar-refractivity contribution in [2.75, 3.05) is 7.11 Å². The molecule has 0 bridgehead atoms. The number of aromatic nitrogens is 2. The highest BCUT2D eigenvalue weighted by Gasteiger charge is 2.27. The zero-order valence-corrected chi connectivity index (χ0v) is 11.8. The number of methoxy groups -OCH3 is 1. The Morgan fingerprint density at radius 2 is 2.20 bits per heavy atom. The van der Waals surface area contributed by atoms with Crippen molar-refractivity contribution in [3.8, 4) is 11.4 Å². The average molecular weight is 270 g/mol. The number of benzene rings is 1. The average Bonchev–Trinajstić information content (AvgIpc) is 2.90. The van der Waals surface area contributed by atoms with Crippen molar-refractivity contribution in [1.82, 2.24) is 9.55 Å². The van der Waals surface area contributed by atoms with Crippen molar-refractivity contribution in [2.24, 2.45) is 5.92 Å². The van der Waals surface area contributed by atoms with Crippen molar-refractivity contribution in [1.29, 1.82) is 0 Å². The van der Waals surface area contributed by atoms with Gasteiger partial charge < -0.3 is 9.30 Å². The third kappa shape index (κ3) is 2.11. The second-order valence-electron chi connectivity index (χ2n) is 5.26. The van der Waals surface area contributed by atoms with Crippen LogP contribution in [0.1, 0.15) is 17.7 Å². The van der Waals surface area contributed by atoms with Gasteiger partial charge in [-0.05, 0) is 25.3 Å².